The molecule has 10 heteroatoms. The molecule has 0 N–H and O–H groups in total. The van der Waals surface area contributed by atoms with Crippen LogP contribution in [0.15, 0.2) is 102 Å². The van der Waals surface area contributed by atoms with Crippen LogP contribution in [-0.4, -0.2) is 49.3 Å². The van der Waals surface area contributed by atoms with Crippen LogP contribution in [0.3, 0.4) is 0 Å². The van der Waals surface area contributed by atoms with Gasteiger partial charge in [0.2, 0.25) is 9.84 Å². The van der Waals surface area contributed by atoms with Crippen molar-refractivity contribution >= 4 is 21.8 Å². The smallest absolute Gasteiger partial charge is 0.337 e. The second-order valence-corrected chi connectivity index (χ2v) is 14.2. The van der Waals surface area contributed by atoms with Gasteiger partial charge < -0.3 is 9.47 Å². The Kier molecular flexibility index (Phi) is 12.3. The van der Waals surface area contributed by atoms with Crippen LogP contribution < -0.4 is 0 Å². The van der Waals surface area contributed by atoms with E-state index in [1.54, 1.807) is 41.1 Å². The molecule has 0 aliphatic rings. The van der Waals surface area contributed by atoms with Crippen molar-refractivity contribution in [2.75, 3.05) is 14.2 Å². The quantitative estimate of drug-likeness (QED) is 0.0752. The summed E-state index contributed by atoms with van der Waals surface area (Å²) >= 11 is 0. The van der Waals surface area contributed by atoms with Crippen molar-refractivity contribution in [1.29, 1.82) is 0 Å². The summed E-state index contributed by atoms with van der Waals surface area (Å²) in [6, 6.07) is 29.6. The van der Waals surface area contributed by atoms with Gasteiger partial charge in [0.15, 0.2) is 0 Å². The number of aromatic nitrogens is 3. The maximum absolute atomic E-state index is 13.6. The van der Waals surface area contributed by atoms with E-state index in [-0.39, 0.29) is 16.9 Å². The van der Waals surface area contributed by atoms with E-state index in [4.69, 9.17) is 9.47 Å². The zero-order valence-electron chi connectivity index (χ0n) is 28.8. The number of esters is 2. The highest BCUT2D eigenvalue weighted by atomic mass is 32.2. The lowest BCUT2D eigenvalue weighted by Gasteiger charge is -2.08. The molecule has 260 valence electrons. The van der Waals surface area contributed by atoms with Gasteiger partial charge in [0.1, 0.15) is 5.82 Å². The lowest BCUT2D eigenvalue weighted by molar-refractivity contribution is 0.0592. The topological polar surface area (TPSA) is 117 Å². The summed E-state index contributed by atoms with van der Waals surface area (Å²) in [6.07, 6.45) is 7.33. The summed E-state index contributed by atoms with van der Waals surface area (Å²) in [4.78, 5) is 28.1. The molecule has 1 aromatic heterocycles. The van der Waals surface area contributed by atoms with Gasteiger partial charge in [-0.15, -0.1) is 5.10 Å². The van der Waals surface area contributed by atoms with Gasteiger partial charge in [0.25, 0.3) is 5.16 Å². The van der Waals surface area contributed by atoms with Gasteiger partial charge in [-0.3, -0.25) is 0 Å². The summed E-state index contributed by atoms with van der Waals surface area (Å²) in [5.41, 5.74) is 6.30. The fourth-order valence-corrected chi connectivity index (χ4v) is 6.97. The van der Waals surface area contributed by atoms with Crippen LogP contribution in [-0.2, 0) is 38.0 Å². The molecule has 4 aromatic carbocycles. The number of methoxy groups -OCH3 is 2. The molecule has 0 aliphatic heterocycles. The van der Waals surface area contributed by atoms with Gasteiger partial charge >= 0.3 is 11.9 Å². The van der Waals surface area contributed by atoms with Crippen LogP contribution in [0.5, 0.6) is 0 Å². The molecule has 0 atom stereocenters. The minimum absolute atomic E-state index is 0.164. The molecule has 9 nitrogen and oxygen atoms in total. The first-order valence-corrected chi connectivity index (χ1v) is 18.6. The number of ether oxygens (including phenoxy) is 2. The summed E-state index contributed by atoms with van der Waals surface area (Å²) in [5, 5.41) is 4.38. The fraction of sp³-hybridized carbons (Fsp3) is 0.300. The Balaban J connectivity index is 1.31. The number of sulfone groups is 1. The van der Waals surface area contributed by atoms with Crippen molar-refractivity contribution in [3.63, 3.8) is 0 Å². The van der Waals surface area contributed by atoms with E-state index >= 15 is 0 Å². The van der Waals surface area contributed by atoms with Crippen molar-refractivity contribution in [2.24, 2.45) is 0 Å². The Morgan fingerprint density at radius 3 is 1.54 bits per heavy atom. The van der Waals surface area contributed by atoms with Gasteiger partial charge in [-0.25, -0.2) is 27.7 Å². The largest absolute Gasteiger partial charge is 0.465 e. The lowest BCUT2D eigenvalue weighted by atomic mass is 10.0. The Morgan fingerprint density at radius 2 is 1.06 bits per heavy atom. The van der Waals surface area contributed by atoms with E-state index in [2.05, 4.69) is 17.0 Å². The molecule has 0 fully saturated rings. The molecule has 0 spiro atoms. The second-order valence-electron chi connectivity index (χ2n) is 12.3. The molecule has 0 amide bonds. The number of unbranched alkanes of at least 4 members (excludes halogenated alkanes) is 5. The van der Waals surface area contributed by atoms with E-state index in [9.17, 15) is 18.0 Å². The Hall–Kier alpha value is -5.09. The molecule has 5 aromatic rings. The predicted octanol–water partition coefficient (Wildman–Crippen LogP) is 8.11. The van der Waals surface area contributed by atoms with E-state index in [0.717, 1.165) is 47.1 Å². The number of carbonyl (C=O) groups is 2. The molecule has 5 rings (SSSR count). The normalized spacial score (nSPS) is 11.3. The average molecular weight is 694 g/mol. The number of carbonyl (C=O) groups excluding carboxylic acids is 2. The summed E-state index contributed by atoms with van der Waals surface area (Å²) in [6.45, 7) is 2.58. The third-order valence-electron chi connectivity index (χ3n) is 8.64. The van der Waals surface area contributed by atoms with Crippen molar-refractivity contribution < 1.29 is 27.5 Å². The van der Waals surface area contributed by atoms with Crippen molar-refractivity contribution in [3.05, 3.63) is 125 Å². The summed E-state index contributed by atoms with van der Waals surface area (Å²) in [5.74, 6) is -0.343. The minimum atomic E-state index is -3.83. The third kappa shape index (κ3) is 9.32. The Morgan fingerprint density at radius 1 is 0.620 bits per heavy atom. The summed E-state index contributed by atoms with van der Waals surface area (Å²) in [7, 11) is -1.12. The van der Waals surface area contributed by atoms with Crippen LogP contribution >= 0.6 is 0 Å². The first kappa shape index (κ1) is 36.2. The standard InChI is InChI=1S/C40H43N3O6S/c1-4-5-6-7-8-9-10-37-41-40(42-43(37)27-29-11-15-31(16-12-29)33-19-23-35(24-20-33)38(44)48-2)50(46,47)28-30-13-17-32(18-14-30)34-21-25-36(26-22-34)39(45)49-3/h11-26H,4-10,27-28H2,1-3H3. The van der Waals surface area contributed by atoms with Crippen molar-refractivity contribution in [2.45, 2.75) is 69.3 Å². The maximum atomic E-state index is 13.6. The first-order chi connectivity index (χ1) is 24.2. The predicted molar refractivity (Wildman–Crippen MR) is 194 cm³/mol. The Labute approximate surface area is 294 Å². The second kappa shape index (κ2) is 17.0. The summed E-state index contributed by atoms with van der Waals surface area (Å²) < 4.78 is 38.5. The molecule has 0 saturated heterocycles. The number of hydrogen-bond donors (Lipinski definition) is 0. The minimum Gasteiger partial charge on any atom is -0.465 e. The van der Waals surface area contributed by atoms with Crippen molar-refractivity contribution in [3.8, 4) is 22.3 Å². The highest BCUT2D eigenvalue weighted by Gasteiger charge is 2.24. The molecule has 0 aliphatic carbocycles. The molecule has 1 heterocycles. The lowest BCUT2D eigenvalue weighted by Crippen LogP contribution is -2.09. The van der Waals surface area contributed by atoms with E-state index in [1.165, 1.54) is 33.5 Å². The number of rotatable bonds is 16. The van der Waals surface area contributed by atoms with Crippen molar-refractivity contribution in [1.82, 2.24) is 14.8 Å². The fourth-order valence-electron chi connectivity index (χ4n) is 5.74. The zero-order chi connectivity index (χ0) is 35.5. The van der Waals surface area contributed by atoms with Gasteiger partial charge in [-0.2, -0.15) is 0 Å². The highest BCUT2D eigenvalue weighted by Crippen LogP contribution is 2.24. The number of benzene rings is 4. The highest BCUT2D eigenvalue weighted by molar-refractivity contribution is 7.90. The third-order valence-corrected chi connectivity index (χ3v) is 10.1. The molecule has 0 saturated carbocycles. The molecule has 0 radical (unpaired) electrons. The van der Waals surface area contributed by atoms with Gasteiger partial charge in [-0.05, 0) is 64.1 Å². The van der Waals surface area contributed by atoms with E-state index in [1.807, 2.05) is 60.7 Å². The van der Waals surface area contributed by atoms with Crippen LogP contribution in [0.2, 0.25) is 0 Å². The van der Waals surface area contributed by atoms with Gasteiger partial charge in [0, 0.05) is 6.42 Å². The number of aryl methyl sites for hydroxylation is 1. The van der Waals surface area contributed by atoms with E-state index in [0.29, 0.717) is 35.5 Å². The SMILES string of the molecule is CCCCCCCCc1nc(S(=O)(=O)Cc2ccc(-c3ccc(C(=O)OC)cc3)cc2)nn1Cc1ccc(-c2ccc(C(=O)OC)cc2)cc1. The molecule has 0 unspecified atom stereocenters. The molecular formula is C40H43N3O6S. The molecular weight excluding hydrogens is 651 g/mol. The molecule has 0 bridgehead atoms. The van der Waals surface area contributed by atoms with Crippen LogP contribution in [0.1, 0.15) is 83.1 Å². The molecule has 50 heavy (non-hydrogen) atoms. The van der Waals surface area contributed by atoms with Crippen LogP contribution in [0, 0.1) is 0 Å². The Bertz CT molecular complexity index is 1980. The number of nitrogens with zero attached hydrogens (tertiary/aromatic N) is 3. The van der Waals surface area contributed by atoms with E-state index < -0.39 is 15.8 Å². The first-order valence-electron chi connectivity index (χ1n) is 16.9. The zero-order valence-corrected chi connectivity index (χ0v) is 29.6. The average Bonchev–Trinajstić information content (AvgIpc) is 3.56. The van der Waals surface area contributed by atoms with Crippen LogP contribution in [0.25, 0.3) is 22.3 Å². The van der Waals surface area contributed by atoms with Crippen LogP contribution in [0.4, 0.5) is 0 Å². The monoisotopic (exact) mass is 693 g/mol. The maximum Gasteiger partial charge on any atom is 0.337 e. The number of hydrogen-bond acceptors (Lipinski definition) is 8. The van der Waals surface area contributed by atoms with Gasteiger partial charge in [-0.1, -0.05) is 112 Å². The van der Waals surface area contributed by atoms with Gasteiger partial charge in [0.05, 0.1) is 37.6 Å².